The lowest BCUT2D eigenvalue weighted by Crippen LogP contribution is -2.02. The molecule has 2 aromatic carbocycles. The van der Waals surface area contributed by atoms with Crippen molar-refractivity contribution in [1.29, 1.82) is 0 Å². The van der Waals surface area contributed by atoms with Gasteiger partial charge in [-0.15, -0.1) is 0 Å². The third kappa shape index (κ3) is 4.67. The Kier molecular flexibility index (Phi) is 6.26. The Morgan fingerprint density at radius 3 is 2.53 bits per heavy atom. The van der Waals surface area contributed by atoms with Crippen molar-refractivity contribution in [3.8, 4) is 5.82 Å². The van der Waals surface area contributed by atoms with E-state index in [0.717, 1.165) is 34.9 Å². The normalized spacial score (nSPS) is 10.9. The molecule has 0 fully saturated rings. The van der Waals surface area contributed by atoms with Crippen molar-refractivity contribution in [3.63, 3.8) is 0 Å². The van der Waals surface area contributed by atoms with E-state index in [1.54, 1.807) is 6.07 Å². The van der Waals surface area contributed by atoms with Gasteiger partial charge in [-0.25, -0.2) is 4.98 Å². The SMILES string of the molecule is COC(=O)CCc1ccc2c(c1)c(CCc1ccccc1)cn2-c1ccc([N+](=O)[O-])cn1. The molecular weight excluding hydrogens is 406 g/mol. The van der Waals surface area contributed by atoms with Crippen molar-refractivity contribution in [1.82, 2.24) is 9.55 Å². The number of carbonyl (C=O) groups excluding carboxylic acids is 1. The molecule has 0 radical (unpaired) electrons. The number of methoxy groups -OCH3 is 1. The minimum atomic E-state index is -0.455. The zero-order valence-electron chi connectivity index (χ0n) is 17.7. The maximum atomic E-state index is 11.6. The van der Waals surface area contributed by atoms with Crippen LogP contribution in [0.15, 0.2) is 73.1 Å². The third-order valence-electron chi connectivity index (χ3n) is 5.51. The first-order chi connectivity index (χ1) is 15.5. The highest BCUT2D eigenvalue weighted by Gasteiger charge is 2.14. The van der Waals surface area contributed by atoms with Gasteiger partial charge >= 0.3 is 5.97 Å². The highest BCUT2D eigenvalue weighted by molar-refractivity contribution is 5.86. The van der Waals surface area contributed by atoms with Crippen LogP contribution < -0.4 is 0 Å². The molecule has 0 aliphatic rings. The number of benzene rings is 2. The Morgan fingerprint density at radius 1 is 1.03 bits per heavy atom. The van der Waals surface area contributed by atoms with Crippen LogP contribution in [0.3, 0.4) is 0 Å². The maximum absolute atomic E-state index is 11.6. The molecule has 0 spiro atoms. The van der Waals surface area contributed by atoms with Crippen LogP contribution in [0.4, 0.5) is 5.69 Å². The van der Waals surface area contributed by atoms with E-state index < -0.39 is 4.92 Å². The van der Waals surface area contributed by atoms with Crippen LogP contribution in [0, 0.1) is 10.1 Å². The molecule has 0 saturated carbocycles. The third-order valence-corrected chi connectivity index (χ3v) is 5.51. The molecule has 4 aromatic rings. The summed E-state index contributed by atoms with van der Waals surface area (Å²) in [5.74, 6) is 0.385. The number of fused-ring (bicyclic) bond motifs is 1. The summed E-state index contributed by atoms with van der Waals surface area (Å²) in [5, 5.41) is 12.1. The van der Waals surface area contributed by atoms with Gasteiger partial charge in [0.1, 0.15) is 12.0 Å². The van der Waals surface area contributed by atoms with E-state index in [9.17, 15) is 14.9 Å². The van der Waals surface area contributed by atoms with Crippen molar-refractivity contribution >= 4 is 22.6 Å². The first-order valence-electron chi connectivity index (χ1n) is 10.4. The smallest absolute Gasteiger partial charge is 0.305 e. The molecule has 0 N–H and O–H groups in total. The second-order valence-electron chi connectivity index (χ2n) is 7.57. The standard InChI is InChI=1S/C25H23N3O4/c1-32-25(29)14-9-19-8-12-23-22(15-19)20(10-7-18-5-3-2-4-6-18)17-27(23)24-13-11-21(16-26-24)28(30)31/h2-6,8,11-13,15-17H,7,9-10,14H2,1H3. The highest BCUT2D eigenvalue weighted by Crippen LogP contribution is 2.28. The van der Waals surface area contributed by atoms with Crippen LogP contribution in [0.5, 0.6) is 0 Å². The lowest BCUT2D eigenvalue weighted by atomic mass is 10.0. The number of rotatable bonds is 8. The summed E-state index contributed by atoms with van der Waals surface area (Å²) < 4.78 is 6.72. The summed E-state index contributed by atoms with van der Waals surface area (Å²) in [6, 6.07) is 19.5. The van der Waals surface area contributed by atoms with Crippen molar-refractivity contribution in [2.24, 2.45) is 0 Å². The predicted octanol–water partition coefficient (Wildman–Crippen LogP) is 4.82. The Bertz CT molecular complexity index is 1250. The number of hydrogen-bond donors (Lipinski definition) is 0. The lowest BCUT2D eigenvalue weighted by molar-refractivity contribution is -0.385. The van der Waals surface area contributed by atoms with Crippen molar-refractivity contribution < 1.29 is 14.5 Å². The van der Waals surface area contributed by atoms with Crippen LogP contribution in [0.1, 0.15) is 23.1 Å². The number of carbonyl (C=O) groups is 1. The molecule has 0 atom stereocenters. The van der Waals surface area contributed by atoms with Gasteiger partial charge in [0.2, 0.25) is 0 Å². The van der Waals surface area contributed by atoms with E-state index in [4.69, 9.17) is 4.74 Å². The molecule has 7 heteroatoms. The Balaban J connectivity index is 1.71. The molecule has 0 aliphatic carbocycles. The van der Waals surface area contributed by atoms with E-state index in [2.05, 4.69) is 23.2 Å². The summed E-state index contributed by atoms with van der Waals surface area (Å²) in [6.07, 6.45) is 5.97. The monoisotopic (exact) mass is 429 g/mol. The largest absolute Gasteiger partial charge is 0.469 e. The van der Waals surface area contributed by atoms with Crippen molar-refractivity contribution in [3.05, 3.63) is 99.9 Å². The summed E-state index contributed by atoms with van der Waals surface area (Å²) >= 11 is 0. The second-order valence-corrected chi connectivity index (χ2v) is 7.57. The van der Waals surface area contributed by atoms with Crippen molar-refractivity contribution in [2.75, 3.05) is 7.11 Å². The molecule has 2 heterocycles. The van der Waals surface area contributed by atoms with Gasteiger partial charge in [-0.2, -0.15) is 0 Å². The van der Waals surface area contributed by atoms with Crippen LogP contribution in [-0.4, -0.2) is 27.6 Å². The van der Waals surface area contributed by atoms with E-state index >= 15 is 0 Å². The minimum Gasteiger partial charge on any atom is -0.469 e. The van der Waals surface area contributed by atoms with E-state index in [0.29, 0.717) is 18.7 Å². The van der Waals surface area contributed by atoms with Crippen LogP contribution in [-0.2, 0) is 28.8 Å². The molecule has 0 unspecified atom stereocenters. The summed E-state index contributed by atoms with van der Waals surface area (Å²) in [5.41, 5.74) is 4.39. The van der Waals surface area contributed by atoms with Gasteiger partial charge in [0.25, 0.3) is 5.69 Å². The number of esters is 1. The molecule has 4 rings (SSSR count). The fourth-order valence-electron chi connectivity index (χ4n) is 3.79. The van der Waals surface area contributed by atoms with Crippen molar-refractivity contribution in [2.45, 2.75) is 25.7 Å². The first kappa shape index (κ1) is 21.2. The van der Waals surface area contributed by atoms with E-state index in [-0.39, 0.29) is 11.7 Å². The number of nitrogens with zero attached hydrogens (tertiary/aromatic N) is 3. The topological polar surface area (TPSA) is 87.3 Å². The number of aryl methyl sites for hydroxylation is 3. The first-order valence-corrected chi connectivity index (χ1v) is 10.4. The molecule has 0 aliphatic heterocycles. The number of nitro groups is 1. The Morgan fingerprint density at radius 2 is 1.84 bits per heavy atom. The van der Waals surface area contributed by atoms with Crippen LogP contribution in [0.25, 0.3) is 16.7 Å². The van der Waals surface area contributed by atoms with Gasteiger partial charge < -0.3 is 9.30 Å². The lowest BCUT2D eigenvalue weighted by Gasteiger charge is -2.06. The molecule has 32 heavy (non-hydrogen) atoms. The highest BCUT2D eigenvalue weighted by atomic mass is 16.6. The summed E-state index contributed by atoms with van der Waals surface area (Å²) in [6.45, 7) is 0. The number of pyridine rings is 1. The van der Waals surface area contributed by atoms with E-state index in [1.165, 1.54) is 24.9 Å². The Hall–Kier alpha value is -4.00. The molecule has 7 nitrogen and oxygen atoms in total. The van der Waals surface area contributed by atoms with Gasteiger partial charge in [-0.3, -0.25) is 14.9 Å². The van der Waals surface area contributed by atoms with Gasteiger partial charge in [-0.1, -0.05) is 36.4 Å². The summed E-state index contributed by atoms with van der Waals surface area (Å²) in [7, 11) is 1.39. The zero-order chi connectivity index (χ0) is 22.5. The fourth-order valence-corrected chi connectivity index (χ4v) is 3.79. The minimum absolute atomic E-state index is 0.0420. The number of hydrogen-bond acceptors (Lipinski definition) is 5. The zero-order valence-corrected chi connectivity index (χ0v) is 17.7. The van der Waals surface area contributed by atoms with Crippen LogP contribution in [0.2, 0.25) is 0 Å². The molecule has 2 aromatic heterocycles. The maximum Gasteiger partial charge on any atom is 0.305 e. The average molecular weight is 429 g/mol. The summed E-state index contributed by atoms with van der Waals surface area (Å²) in [4.78, 5) is 26.4. The molecule has 0 saturated heterocycles. The fraction of sp³-hybridized carbons (Fsp3) is 0.200. The van der Waals surface area contributed by atoms with Gasteiger partial charge in [0.05, 0.1) is 17.5 Å². The Labute approximate surface area is 185 Å². The number of aromatic nitrogens is 2. The molecule has 162 valence electrons. The van der Waals surface area contributed by atoms with Gasteiger partial charge in [-0.05, 0) is 54.2 Å². The van der Waals surface area contributed by atoms with Crippen LogP contribution >= 0.6 is 0 Å². The number of ether oxygens (including phenoxy) is 1. The molecular formula is C25H23N3O4. The quantitative estimate of drug-likeness (QED) is 0.228. The van der Waals surface area contributed by atoms with Gasteiger partial charge in [0.15, 0.2) is 0 Å². The second kappa shape index (κ2) is 9.43. The molecule has 0 bridgehead atoms. The molecule has 0 amide bonds. The van der Waals surface area contributed by atoms with E-state index in [1.807, 2.05) is 41.1 Å². The predicted molar refractivity (Wildman–Crippen MR) is 122 cm³/mol. The average Bonchev–Trinajstić information content (AvgIpc) is 3.19. The van der Waals surface area contributed by atoms with Gasteiger partial charge in [0, 0.05) is 24.1 Å².